The lowest BCUT2D eigenvalue weighted by Gasteiger charge is -2.36. The van der Waals surface area contributed by atoms with Gasteiger partial charge in [0.2, 0.25) is 0 Å². The van der Waals surface area contributed by atoms with Gasteiger partial charge in [0.1, 0.15) is 15.3 Å². The molecule has 2 rings (SSSR count). The van der Waals surface area contributed by atoms with Crippen LogP contribution in [0.25, 0.3) is 0 Å². The van der Waals surface area contributed by atoms with Crippen LogP contribution in [0.15, 0.2) is 6.07 Å². The Kier molecular flexibility index (Phi) is 4.16. The van der Waals surface area contributed by atoms with Crippen molar-refractivity contribution in [2.24, 2.45) is 0 Å². The summed E-state index contributed by atoms with van der Waals surface area (Å²) >= 11 is 2.19. The molecule has 2 unspecified atom stereocenters. The number of morpholine rings is 1. The van der Waals surface area contributed by atoms with E-state index in [0.717, 1.165) is 21.9 Å². The van der Waals surface area contributed by atoms with Crippen LogP contribution in [0.4, 0.5) is 5.82 Å². The fourth-order valence-electron chi connectivity index (χ4n) is 2.01. The Hall–Kier alpha value is -0.470. The molecule has 0 saturated carbocycles. The molecule has 17 heavy (non-hydrogen) atoms. The van der Waals surface area contributed by atoms with Crippen LogP contribution in [-0.2, 0) is 4.74 Å². The maximum absolute atomic E-state index is 9.20. The van der Waals surface area contributed by atoms with Crippen molar-refractivity contribution in [1.82, 2.24) is 9.97 Å². The van der Waals surface area contributed by atoms with E-state index in [2.05, 4.69) is 37.5 Å². The number of aryl methyl sites for hydroxylation is 1. The van der Waals surface area contributed by atoms with Gasteiger partial charge in [-0.15, -0.1) is 0 Å². The smallest absolute Gasteiger partial charge is 0.133 e. The van der Waals surface area contributed by atoms with E-state index >= 15 is 0 Å². The van der Waals surface area contributed by atoms with E-state index in [-0.39, 0.29) is 18.8 Å². The summed E-state index contributed by atoms with van der Waals surface area (Å²) in [5, 5.41) is 9.20. The van der Waals surface area contributed by atoms with Crippen LogP contribution < -0.4 is 4.90 Å². The molecule has 2 heterocycles. The Bertz CT molecular complexity index is 382. The van der Waals surface area contributed by atoms with Gasteiger partial charge in [0.25, 0.3) is 0 Å². The number of rotatable bonds is 2. The van der Waals surface area contributed by atoms with E-state index in [1.54, 1.807) is 0 Å². The van der Waals surface area contributed by atoms with Gasteiger partial charge in [-0.3, -0.25) is 0 Å². The molecule has 0 aliphatic carbocycles. The van der Waals surface area contributed by atoms with Gasteiger partial charge in [-0.1, -0.05) is 0 Å². The normalized spacial score (nSPS) is 25.1. The molecule has 0 aromatic carbocycles. The maximum atomic E-state index is 9.20. The van der Waals surface area contributed by atoms with E-state index in [0.29, 0.717) is 6.54 Å². The zero-order valence-corrected chi connectivity index (χ0v) is 12.1. The fraction of sp³-hybridized carbons (Fsp3) is 0.636. The minimum Gasteiger partial charge on any atom is -0.394 e. The zero-order chi connectivity index (χ0) is 12.4. The monoisotopic (exact) mass is 349 g/mol. The van der Waals surface area contributed by atoms with Crippen molar-refractivity contribution in [3.63, 3.8) is 0 Å². The maximum Gasteiger partial charge on any atom is 0.133 e. The second-order valence-corrected chi connectivity index (χ2v) is 5.36. The molecule has 0 spiro atoms. The van der Waals surface area contributed by atoms with Crippen LogP contribution in [0, 0.1) is 10.6 Å². The third-order valence-electron chi connectivity index (χ3n) is 2.65. The Morgan fingerprint density at radius 1 is 1.53 bits per heavy atom. The van der Waals surface area contributed by atoms with Gasteiger partial charge in [0, 0.05) is 19.2 Å². The van der Waals surface area contributed by atoms with E-state index in [1.165, 1.54) is 0 Å². The van der Waals surface area contributed by atoms with Crippen molar-refractivity contribution in [1.29, 1.82) is 0 Å². The number of hydrogen-bond acceptors (Lipinski definition) is 5. The van der Waals surface area contributed by atoms with Crippen molar-refractivity contribution >= 4 is 28.4 Å². The summed E-state index contributed by atoms with van der Waals surface area (Å²) in [7, 11) is 0. The third kappa shape index (κ3) is 3.26. The van der Waals surface area contributed by atoms with Crippen molar-refractivity contribution < 1.29 is 9.84 Å². The standard InChI is InChI=1S/C11H16IN3O2/c1-7-4-15(5-9(6-16)17-7)11-3-10(12)13-8(2)14-11/h3,7,9,16H,4-6H2,1-2H3. The molecule has 1 aliphatic heterocycles. The molecule has 1 aromatic rings. The predicted octanol–water partition coefficient (Wildman–Crippen LogP) is 0.976. The summed E-state index contributed by atoms with van der Waals surface area (Å²) in [5.74, 6) is 1.68. The second-order valence-electron chi connectivity index (χ2n) is 4.25. The van der Waals surface area contributed by atoms with Crippen LogP contribution in [0.1, 0.15) is 12.7 Å². The van der Waals surface area contributed by atoms with Crippen LogP contribution in [0.3, 0.4) is 0 Å². The predicted molar refractivity (Wildman–Crippen MR) is 73.1 cm³/mol. The number of anilines is 1. The highest BCUT2D eigenvalue weighted by atomic mass is 127. The molecule has 0 amide bonds. The van der Waals surface area contributed by atoms with Gasteiger partial charge < -0.3 is 14.7 Å². The zero-order valence-electron chi connectivity index (χ0n) is 9.93. The molecule has 2 atom stereocenters. The second kappa shape index (κ2) is 5.45. The van der Waals surface area contributed by atoms with Crippen molar-refractivity contribution in [3.8, 4) is 0 Å². The molecule has 5 nitrogen and oxygen atoms in total. The highest BCUT2D eigenvalue weighted by Crippen LogP contribution is 2.19. The van der Waals surface area contributed by atoms with Crippen LogP contribution in [0.2, 0.25) is 0 Å². The molecule has 0 radical (unpaired) electrons. The number of nitrogens with zero attached hydrogens (tertiary/aromatic N) is 3. The topological polar surface area (TPSA) is 58.5 Å². The third-order valence-corrected chi connectivity index (χ3v) is 3.20. The summed E-state index contributed by atoms with van der Waals surface area (Å²) in [5.41, 5.74) is 0. The van der Waals surface area contributed by atoms with E-state index in [4.69, 9.17) is 4.74 Å². The van der Waals surface area contributed by atoms with Crippen LogP contribution in [0.5, 0.6) is 0 Å². The first-order valence-electron chi connectivity index (χ1n) is 5.61. The lowest BCUT2D eigenvalue weighted by atomic mass is 10.2. The number of aromatic nitrogens is 2. The molecule has 1 aliphatic rings. The summed E-state index contributed by atoms with van der Waals surface area (Å²) in [4.78, 5) is 10.8. The molecule has 94 valence electrons. The van der Waals surface area contributed by atoms with Crippen molar-refractivity contribution in [2.75, 3.05) is 24.6 Å². The number of ether oxygens (including phenoxy) is 1. The molecular weight excluding hydrogens is 333 g/mol. The fourth-order valence-corrected chi connectivity index (χ4v) is 2.64. The number of hydrogen-bond donors (Lipinski definition) is 1. The Labute approximate surface area is 114 Å². The van der Waals surface area contributed by atoms with Crippen LogP contribution >= 0.6 is 22.6 Å². The number of aliphatic hydroxyl groups is 1. The molecule has 0 bridgehead atoms. The number of halogens is 1. The first-order chi connectivity index (χ1) is 8.08. The van der Waals surface area contributed by atoms with Crippen LogP contribution in [-0.4, -0.2) is 47.0 Å². The van der Waals surface area contributed by atoms with E-state index in [1.807, 2.05) is 19.9 Å². The molecular formula is C11H16IN3O2. The minimum absolute atomic E-state index is 0.0436. The summed E-state index contributed by atoms with van der Waals surface area (Å²) in [6.45, 7) is 5.41. The minimum atomic E-state index is -0.133. The molecule has 1 N–H and O–H groups in total. The molecule has 6 heteroatoms. The summed E-state index contributed by atoms with van der Waals surface area (Å²) in [6, 6.07) is 1.96. The van der Waals surface area contributed by atoms with Gasteiger partial charge in [-0.05, 0) is 36.4 Å². The van der Waals surface area contributed by atoms with Gasteiger partial charge in [0.05, 0.1) is 18.8 Å². The van der Waals surface area contributed by atoms with Gasteiger partial charge in [-0.25, -0.2) is 9.97 Å². The highest BCUT2D eigenvalue weighted by Gasteiger charge is 2.25. The average molecular weight is 349 g/mol. The van der Waals surface area contributed by atoms with Gasteiger partial charge in [0.15, 0.2) is 0 Å². The lowest BCUT2D eigenvalue weighted by molar-refractivity contribution is -0.0423. The Morgan fingerprint density at radius 3 is 2.94 bits per heavy atom. The Morgan fingerprint density at radius 2 is 2.29 bits per heavy atom. The molecule has 1 fully saturated rings. The summed E-state index contributed by atoms with van der Waals surface area (Å²) in [6.07, 6.45) is -0.0273. The van der Waals surface area contributed by atoms with Crippen molar-refractivity contribution in [3.05, 3.63) is 15.6 Å². The van der Waals surface area contributed by atoms with E-state index < -0.39 is 0 Å². The number of aliphatic hydroxyl groups excluding tert-OH is 1. The summed E-state index contributed by atoms with van der Waals surface area (Å²) < 4.78 is 6.55. The lowest BCUT2D eigenvalue weighted by Crippen LogP contribution is -2.48. The SMILES string of the molecule is Cc1nc(I)cc(N2CC(C)OC(CO)C2)n1. The van der Waals surface area contributed by atoms with E-state index in [9.17, 15) is 5.11 Å². The first-order valence-corrected chi connectivity index (χ1v) is 6.69. The largest absolute Gasteiger partial charge is 0.394 e. The van der Waals surface area contributed by atoms with Gasteiger partial charge in [-0.2, -0.15) is 0 Å². The molecule has 1 saturated heterocycles. The highest BCUT2D eigenvalue weighted by molar-refractivity contribution is 14.1. The first kappa shape index (κ1) is 13.0. The Balaban J connectivity index is 2.20. The van der Waals surface area contributed by atoms with Crippen molar-refractivity contribution in [2.45, 2.75) is 26.1 Å². The van der Waals surface area contributed by atoms with Gasteiger partial charge >= 0.3 is 0 Å². The average Bonchev–Trinajstić information content (AvgIpc) is 2.26. The molecule has 1 aromatic heterocycles. The quantitative estimate of drug-likeness (QED) is 0.637.